The van der Waals surface area contributed by atoms with Crippen LogP contribution in [-0.4, -0.2) is 24.2 Å². The van der Waals surface area contributed by atoms with E-state index >= 15 is 0 Å². The fourth-order valence-corrected chi connectivity index (χ4v) is 1.34. The fourth-order valence-electron chi connectivity index (χ4n) is 1.34. The number of anilines is 1. The molecule has 1 rings (SSSR count). The quantitative estimate of drug-likeness (QED) is 0.713. The van der Waals surface area contributed by atoms with Crippen molar-refractivity contribution in [2.75, 3.05) is 11.9 Å². The molecule has 0 spiro atoms. The third-order valence-corrected chi connectivity index (χ3v) is 2.16. The van der Waals surface area contributed by atoms with Gasteiger partial charge in [-0.2, -0.15) is 0 Å². The zero-order valence-electron chi connectivity index (χ0n) is 10.6. The summed E-state index contributed by atoms with van der Waals surface area (Å²) in [6.07, 6.45) is 0.00790. The number of primary amides is 1. The standard InChI is InChI=1S/C13H16N2O4/c1-9(16)8-13(18)15-10-2-4-11(5-3-10)19-7-6-12(14)17/h2-5H,6-8H2,1H3,(H2,14,17)(H,15,18). The van der Waals surface area contributed by atoms with Crippen LogP contribution in [0.25, 0.3) is 0 Å². The summed E-state index contributed by atoms with van der Waals surface area (Å²) >= 11 is 0. The van der Waals surface area contributed by atoms with Gasteiger partial charge >= 0.3 is 0 Å². The lowest BCUT2D eigenvalue weighted by Gasteiger charge is -2.07. The van der Waals surface area contributed by atoms with E-state index in [-0.39, 0.29) is 31.1 Å². The Kier molecular flexibility index (Phi) is 5.53. The lowest BCUT2D eigenvalue weighted by molar-refractivity contribution is -0.124. The first kappa shape index (κ1) is 14.7. The zero-order valence-corrected chi connectivity index (χ0v) is 10.6. The van der Waals surface area contributed by atoms with Gasteiger partial charge in [0.2, 0.25) is 11.8 Å². The lowest BCUT2D eigenvalue weighted by Crippen LogP contribution is -2.15. The molecule has 0 aromatic heterocycles. The minimum Gasteiger partial charge on any atom is -0.493 e. The van der Waals surface area contributed by atoms with Crippen LogP contribution in [0.4, 0.5) is 5.69 Å². The van der Waals surface area contributed by atoms with E-state index in [1.807, 2.05) is 0 Å². The predicted octanol–water partition coefficient (Wildman–Crippen LogP) is 0.858. The molecule has 0 aliphatic carbocycles. The van der Waals surface area contributed by atoms with Gasteiger partial charge in [-0.05, 0) is 31.2 Å². The van der Waals surface area contributed by atoms with Crippen molar-refractivity contribution in [3.05, 3.63) is 24.3 Å². The molecule has 0 unspecified atom stereocenters. The molecule has 0 fully saturated rings. The molecule has 1 aromatic carbocycles. The number of ketones is 1. The summed E-state index contributed by atoms with van der Waals surface area (Å²) in [6.45, 7) is 1.57. The van der Waals surface area contributed by atoms with Crippen LogP contribution >= 0.6 is 0 Å². The van der Waals surface area contributed by atoms with Crippen molar-refractivity contribution in [1.82, 2.24) is 0 Å². The summed E-state index contributed by atoms with van der Waals surface area (Å²) in [5.41, 5.74) is 5.56. The van der Waals surface area contributed by atoms with Gasteiger partial charge in [0.15, 0.2) is 0 Å². The number of carbonyl (C=O) groups is 3. The summed E-state index contributed by atoms with van der Waals surface area (Å²) in [5.74, 6) is -0.391. The van der Waals surface area contributed by atoms with E-state index in [0.29, 0.717) is 11.4 Å². The normalized spacial score (nSPS) is 9.74. The van der Waals surface area contributed by atoms with Crippen LogP contribution in [0.1, 0.15) is 19.8 Å². The molecule has 102 valence electrons. The highest BCUT2D eigenvalue weighted by molar-refractivity contribution is 6.03. The fraction of sp³-hybridized carbons (Fsp3) is 0.308. The molecule has 3 N–H and O–H groups in total. The van der Waals surface area contributed by atoms with Crippen molar-refractivity contribution in [3.63, 3.8) is 0 Å². The summed E-state index contributed by atoms with van der Waals surface area (Å²) in [6, 6.07) is 6.62. The number of ether oxygens (including phenoxy) is 1. The van der Waals surface area contributed by atoms with Crippen LogP contribution in [0.5, 0.6) is 5.75 Å². The first-order valence-electron chi connectivity index (χ1n) is 5.78. The zero-order chi connectivity index (χ0) is 14.3. The number of carbonyl (C=O) groups excluding carboxylic acids is 3. The van der Waals surface area contributed by atoms with Crippen LogP contribution in [0.3, 0.4) is 0 Å². The van der Waals surface area contributed by atoms with Crippen LogP contribution in [0, 0.1) is 0 Å². The first-order valence-corrected chi connectivity index (χ1v) is 5.78. The number of hydrogen-bond acceptors (Lipinski definition) is 4. The van der Waals surface area contributed by atoms with E-state index in [2.05, 4.69) is 5.32 Å². The van der Waals surface area contributed by atoms with Crippen molar-refractivity contribution in [2.45, 2.75) is 19.8 Å². The van der Waals surface area contributed by atoms with Crippen LogP contribution in [0.15, 0.2) is 24.3 Å². The smallest absolute Gasteiger partial charge is 0.231 e. The van der Waals surface area contributed by atoms with Gasteiger partial charge in [-0.15, -0.1) is 0 Å². The highest BCUT2D eigenvalue weighted by Crippen LogP contribution is 2.16. The van der Waals surface area contributed by atoms with Gasteiger partial charge in [0.1, 0.15) is 11.5 Å². The van der Waals surface area contributed by atoms with Crippen molar-refractivity contribution in [2.24, 2.45) is 5.73 Å². The number of nitrogens with two attached hydrogens (primary N) is 1. The van der Waals surface area contributed by atoms with Gasteiger partial charge in [0.05, 0.1) is 19.4 Å². The molecule has 0 aliphatic heterocycles. The molecule has 0 radical (unpaired) electrons. The summed E-state index contributed by atoms with van der Waals surface area (Å²) in [5, 5.41) is 2.59. The first-order chi connectivity index (χ1) is 8.97. The summed E-state index contributed by atoms with van der Waals surface area (Å²) in [4.78, 5) is 32.6. The molecule has 0 bridgehead atoms. The Labute approximate surface area is 110 Å². The van der Waals surface area contributed by atoms with Crippen LogP contribution in [-0.2, 0) is 14.4 Å². The second-order valence-corrected chi connectivity index (χ2v) is 4.02. The van der Waals surface area contributed by atoms with Gasteiger partial charge < -0.3 is 15.8 Å². The van der Waals surface area contributed by atoms with Gasteiger partial charge in [0.25, 0.3) is 0 Å². The molecule has 0 aliphatic rings. The van der Waals surface area contributed by atoms with Crippen molar-refractivity contribution in [3.8, 4) is 5.75 Å². The molecule has 6 nitrogen and oxygen atoms in total. The molecule has 1 aromatic rings. The number of amides is 2. The topological polar surface area (TPSA) is 98.5 Å². The molecular formula is C13H16N2O4. The average molecular weight is 264 g/mol. The van der Waals surface area contributed by atoms with Crippen molar-refractivity contribution in [1.29, 1.82) is 0 Å². The SMILES string of the molecule is CC(=O)CC(=O)Nc1ccc(OCCC(N)=O)cc1. The van der Waals surface area contributed by atoms with E-state index in [1.54, 1.807) is 24.3 Å². The summed E-state index contributed by atoms with van der Waals surface area (Å²) < 4.78 is 5.27. The van der Waals surface area contributed by atoms with Gasteiger partial charge in [-0.3, -0.25) is 14.4 Å². The maximum Gasteiger partial charge on any atom is 0.231 e. The Balaban J connectivity index is 2.45. The molecule has 6 heteroatoms. The molecule has 2 amide bonds. The number of nitrogens with one attached hydrogen (secondary N) is 1. The van der Waals surface area contributed by atoms with Crippen molar-refractivity contribution < 1.29 is 19.1 Å². The summed E-state index contributed by atoms with van der Waals surface area (Å²) in [7, 11) is 0. The maximum atomic E-state index is 11.3. The third-order valence-electron chi connectivity index (χ3n) is 2.16. The molecule has 19 heavy (non-hydrogen) atoms. The van der Waals surface area contributed by atoms with Crippen LogP contribution < -0.4 is 15.8 Å². The van der Waals surface area contributed by atoms with Gasteiger partial charge in [0, 0.05) is 5.69 Å². The van der Waals surface area contributed by atoms with E-state index in [1.165, 1.54) is 6.92 Å². The highest BCUT2D eigenvalue weighted by atomic mass is 16.5. The second kappa shape index (κ2) is 7.15. The molecule has 0 atom stereocenters. The second-order valence-electron chi connectivity index (χ2n) is 4.02. The molecule has 0 saturated heterocycles. The number of benzene rings is 1. The number of rotatable bonds is 7. The minimum absolute atomic E-state index is 0.142. The Bertz CT molecular complexity index is 468. The molecular weight excluding hydrogens is 248 g/mol. The Morgan fingerprint density at radius 1 is 1.21 bits per heavy atom. The predicted molar refractivity (Wildman–Crippen MR) is 69.7 cm³/mol. The van der Waals surface area contributed by atoms with E-state index in [0.717, 1.165) is 0 Å². The highest BCUT2D eigenvalue weighted by Gasteiger charge is 2.05. The average Bonchev–Trinajstić information content (AvgIpc) is 2.29. The van der Waals surface area contributed by atoms with Gasteiger partial charge in [-0.1, -0.05) is 0 Å². The maximum absolute atomic E-state index is 11.3. The van der Waals surface area contributed by atoms with Crippen molar-refractivity contribution >= 4 is 23.3 Å². The lowest BCUT2D eigenvalue weighted by atomic mass is 10.2. The van der Waals surface area contributed by atoms with Gasteiger partial charge in [-0.25, -0.2) is 0 Å². The molecule has 0 heterocycles. The Hall–Kier alpha value is -2.37. The van der Waals surface area contributed by atoms with E-state index in [4.69, 9.17) is 10.5 Å². The molecule has 0 saturated carbocycles. The number of Topliss-reactive ketones (excluding diaryl/α,β-unsaturated/α-hetero) is 1. The Morgan fingerprint density at radius 2 is 1.84 bits per heavy atom. The Morgan fingerprint density at radius 3 is 2.37 bits per heavy atom. The van der Waals surface area contributed by atoms with E-state index < -0.39 is 5.91 Å². The monoisotopic (exact) mass is 264 g/mol. The minimum atomic E-state index is -0.423. The largest absolute Gasteiger partial charge is 0.493 e. The van der Waals surface area contributed by atoms with Crippen LogP contribution in [0.2, 0.25) is 0 Å². The van der Waals surface area contributed by atoms with E-state index in [9.17, 15) is 14.4 Å². The number of hydrogen-bond donors (Lipinski definition) is 2. The third kappa shape index (κ3) is 6.21.